The molecular weight excluding hydrogens is 312 g/mol. The molecule has 0 bridgehead atoms. The van der Waals surface area contributed by atoms with Crippen LogP contribution in [0, 0.1) is 0 Å². The van der Waals surface area contributed by atoms with Gasteiger partial charge in [0.2, 0.25) is 0 Å². The fourth-order valence-corrected chi connectivity index (χ4v) is 3.10. The van der Waals surface area contributed by atoms with Gasteiger partial charge in [-0.3, -0.25) is 9.69 Å². The molecule has 1 atom stereocenters. The molecule has 0 radical (unpaired) electrons. The number of nitrogens with zero attached hydrogens (tertiary/aromatic N) is 1. The second-order valence-corrected chi connectivity index (χ2v) is 6.38. The normalized spacial score (nSPS) is 18.0. The Morgan fingerprint density at radius 1 is 1.16 bits per heavy atom. The predicted octanol–water partition coefficient (Wildman–Crippen LogP) is 3.05. The summed E-state index contributed by atoms with van der Waals surface area (Å²) in [4.78, 5) is 14.6. The minimum atomic E-state index is -0.00415. The van der Waals surface area contributed by atoms with Crippen molar-refractivity contribution in [3.05, 3.63) is 71.3 Å². The maximum Gasteiger partial charge on any atom is 0.251 e. The SMILES string of the molecule is CCc1ccc(C(=O)NCCN2CCOC(c3ccccc3)C2)cc1. The molecule has 0 aromatic heterocycles. The van der Waals surface area contributed by atoms with Crippen LogP contribution >= 0.6 is 0 Å². The number of morpholine rings is 1. The van der Waals surface area contributed by atoms with E-state index in [0.29, 0.717) is 6.54 Å². The Kier molecular flexibility index (Phi) is 6.20. The van der Waals surface area contributed by atoms with Gasteiger partial charge in [0.15, 0.2) is 0 Å². The molecule has 0 aliphatic carbocycles. The van der Waals surface area contributed by atoms with Crippen molar-refractivity contribution in [1.29, 1.82) is 0 Å². The molecule has 2 aromatic carbocycles. The minimum Gasteiger partial charge on any atom is -0.371 e. The van der Waals surface area contributed by atoms with Crippen molar-refractivity contribution in [2.45, 2.75) is 19.4 Å². The summed E-state index contributed by atoms with van der Waals surface area (Å²) in [6.45, 7) is 6.10. The van der Waals surface area contributed by atoms with Crippen molar-refractivity contribution in [1.82, 2.24) is 10.2 Å². The zero-order chi connectivity index (χ0) is 17.5. The first kappa shape index (κ1) is 17.6. The maximum atomic E-state index is 12.2. The molecule has 4 heteroatoms. The lowest BCUT2D eigenvalue weighted by atomic mass is 10.1. The summed E-state index contributed by atoms with van der Waals surface area (Å²) in [7, 11) is 0. The molecule has 25 heavy (non-hydrogen) atoms. The molecule has 1 unspecified atom stereocenters. The lowest BCUT2D eigenvalue weighted by Crippen LogP contribution is -2.42. The van der Waals surface area contributed by atoms with E-state index >= 15 is 0 Å². The number of carbonyl (C=O) groups excluding carboxylic acids is 1. The first-order valence-corrected chi connectivity index (χ1v) is 9.02. The summed E-state index contributed by atoms with van der Waals surface area (Å²) in [5.41, 5.74) is 3.19. The molecule has 132 valence electrons. The molecule has 1 fully saturated rings. The predicted molar refractivity (Wildman–Crippen MR) is 99.7 cm³/mol. The molecule has 1 saturated heterocycles. The van der Waals surface area contributed by atoms with Crippen LogP contribution < -0.4 is 5.32 Å². The van der Waals surface area contributed by atoms with E-state index < -0.39 is 0 Å². The molecule has 3 rings (SSSR count). The van der Waals surface area contributed by atoms with Crippen LogP contribution in [0.3, 0.4) is 0 Å². The standard InChI is InChI=1S/C21H26N2O2/c1-2-17-8-10-19(11-9-17)21(24)22-12-13-23-14-15-25-20(16-23)18-6-4-3-5-7-18/h3-11,20H,2,12-16H2,1H3,(H,22,24). The second kappa shape index (κ2) is 8.79. The number of rotatable bonds is 6. The van der Waals surface area contributed by atoms with Gasteiger partial charge in [0, 0.05) is 31.7 Å². The molecule has 1 N–H and O–H groups in total. The summed E-state index contributed by atoms with van der Waals surface area (Å²) in [5, 5.41) is 3.02. The summed E-state index contributed by atoms with van der Waals surface area (Å²) in [5.74, 6) is -0.00415. The van der Waals surface area contributed by atoms with Crippen LogP contribution in [-0.2, 0) is 11.2 Å². The number of ether oxygens (including phenoxy) is 1. The molecule has 0 saturated carbocycles. The second-order valence-electron chi connectivity index (χ2n) is 6.38. The van der Waals surface area contributed by atoms with Gasteiger partial charge in [0.1, 0.15) is 0 Å². The third-order valence-corrected chi connectivity index (χ3v) is 4.66. The van der Waals surface area contributed by atoms with E-state index in [-0.39, 0.29) is 12.0 Å². The Morgan fingerprint density at radius 3 is 2.64 bits per heavy atom. The summed E-state index contributed by atoms with van der Waals surface area (Å²) < 4.78 is 5.88. The van der Waals surface area contributed by atoms with E-state index in [1.807, 2.05) is 42.5 Å². The highest BCUT2D eigenvalue weighted by atomic mass is 16.5. The Bertz CT molecular complexity index is 670. The van der Waals surface area contributed by atoms with E-state index in [1.54, 1.807) is 0 Å². The van der Waals surface area contributed by atoms with Gasteiger partial charge in [-0.25, -0.2) is 0 Å². The van der Waals surface area contributed by atoms with E-state index in [2.05, 4.69) is 29.3 Å². The topological polar surface area (TPSA) is 41.6 Å². The number of nitrogens with one attached hydrogen (secondary N) is 1. The minimum absolute atomic E-state index is 0.00415. The zero-order valence-corrected chi connectivity index (χ0v) is 14.8. The summed E-state index contributed by atoms with van der Waals surface area (Å²) >= 11 is 0. The Hall–Kier alpha value is -2.17. The van der Waals surface area contributed by atoms with E-state index in [1.165, 1.54) is 11.1 Å². The Balaban J connectivity index is 1.45. The molecule has 4 nitrogen and oxygen atoms in total. The van der Waals surface area contributed by atoms with Gasteiger partial charge in [-0.2, -0.15) is 0 Å². The summed E-state index contributed by atoms with van der Waals surface area (Å²) in [6, 6.07) is 18.1. The number of aryl methyl sites for hydroxylation is 1. The lowest BCUT2D eigenvalue weighted by Gasteiger charge is -2.33. The molecule has 1 aliphatic heterocycles. The van der Waals surface area contributed by atoms with Gasteiger partial charge >= 0.3 is 0 Å². The molecule has 0 spiro atoms. The molecule has 1 aliphatic rings. The van der Waals surface area contributed by atoms with Crippen molar-refractivity contribution >= 4 is 5.91 Å². The first-order chi connectivity index (χ1) is 12.3. The van der Waals surface area contributed by atoms with Crippen LogP contribution in [-0.4, -0.2) is 43.6 Å². The average molecular weight is 338 g/mol. The zero-order valence-electron chi connectivity index (χ0n) is 14.8. The first-order valence-electron chi connectivity index (χ1n) is 9.02. The fraction of sp³-hybridized carbons (Fsp3) is 0.381. The largest absolute Gasteiger partial charge is 0.371 e. The number of hydrogen-bond acceptors (Lipinski definition) is 3. The van der Waals surface area contributed by atoms with Crippen molar-refractivity contribution in [2.75, 3.05) is 32.8 Å². The van der Waals surface area contributed by atoms with Gasteiger partial charge < -0.3 is 10.1 Å². The van der Waals surface area contributed by atoms with Crippen LogP contribution in [0.4, 0.5) is 0 Å². The van der Waals surface area contributed by atoms with Crippen molar-refractivity contribution < 1.29 is 9.53 Å². The number of hydrogen-bond donors (Lipinski definition) is 1. The monoisotopic (exact) mass is 338 g/mol. The van der Waals surface area contributed by atoms with Crippen LogP contribution in [0.5, 0.6) is 0 Å². The highest BCUT2D eigenvalue weighted by Gasteiger charge is 2.21. The average Bonchev–Trinajstić information content (AvgIpc) is 2.69. The number of carbonyl (C=O) groups is 1. The fourth-order valence-electron chi connectivity index (χ4n) is 3.10. The van der Waals surface area contributed by atoms with Gasteiger partial charge in [-0.05, 0) is 29.7 Å². The Labute approximate surface area is 149 Å². The van der Waals surface area contributed by atoms with Crippen molar-refractivity contribution in [3.63, 3.8) is 0 Å². The molecular formula is C21H26N2O2. The van der Waals surface area contributed by atoms with Gasteiger partial charge in [0.05, 0.1) is 12.7 Å². The maximum absolute atomic E-state index is 12.2. The van der Waals surface area contributed by atoms with Gasteiger partial charge in [-0.15, -0.1) is 0 Å². The van der Waals surface area contributed by atoms with Crippen LogP contribution in [0.15, 0.2) is 54.6 Å². The quantitative estimate of drug-likeness (QED) is 0.880. The van der Waals surface area contributed by atoms with Crippen LogP contribution in [0.1, 0.15) is 34.5 Å². The molecule has 1 heterocycles. The number of amides is 1. The van der Waals surface area contributed by atoms with Crippen molar-refractivity contribution in [3.8, 4) is 0 Å². The molecule has 1 amide bonds. The third-order valence-electron chi connectivity index (χ3n) is 4.66. The van der Waals surface area contributed by atoms with Gasteiger partial charge in [0.25, 0.3) is 5.91 Å². The van der Waals surface area contributed by atoms with Crippen LogP contribution in [0.2, 0.25) is 0 Å². The third kappa shape index (κ3) is 4.91. The summed E-state index contributed by atoms with van der Waals surface area (Å²) in [6.07, 6.45) is 1.11. The van der Waals surface area contributed by atoms with E-state index in [0.717, 1.165) is 38.2 Å². The Morgan fingerprint density at radius 2 is 1.92 bits per heavy atom. The van der Waals surface area contributed by atoms with Crippen molar-refractivity contribution in [2.24, 2.45) is 0 Å². The lowest BCUT2D eigenvalue weighted by molar-refractivity contribution is -0.0293. The van der Waals surface area contributed by atoms with Crippen LogP contribution in [0.25, 0.3) is 0 Å². The molecule has 2 aromatic rings. The smallest absolute Gasteiger partial charge is 0.251 e. The highest BCUT2D eigenvalue weighted by molar-refractivity contribution is 5.94. The van der Waals surface area contributed by atoms with E-state index in [9.17, 15) is 4.79 Å². The number of benzene rings is 2. The van der Waals surface area contributed by atoms with E-state index in [4.69, 9.17) is 4.74 Å². The van der Waals surface area contributed by atoms with Gasteiger partial charge in [-0.1, -0.05) is 49.4 Å². The highest BCUT2D eigenvalue weighted by Crippen LogP contribution is 2.21.